The zero-order chi connectivity index (χ0) is 20.1. The van der Waals surface area contributed by atoms with Crippen LogP contribution in [-0.2, 0) is 19.6 Å². The first-order chi connectivity index (χ1) is 13.4. The van der Waals surface area contributed by atoms with E-state index < -0.39 is 34.4 Å². The molecule has 0 aromatic heterocycles. The molecule has 2 aromatic rings. The lowest BCUT2D eigenvalue weighted by Crippen LogP contribution is -2.40. The van der Waals surface area contributed by atoms with Gasteiger partial charge in [-0.15, -0.1) is 0 Å². The molecule has 8 nitrogen and oxygen atoms in total. The third-order valence-corrected chi connectivity index (χ3v) is 5.87. The van der Waals surface area contributed by atoms with Gasteiger partial charge in [-0.05, 0) is 24.3 Å². The van der Waals surface area contributed by atoms with Crippen molar-refractivity contribution in [1.29, 1.82) is 0 Å². The molecule has 4 atom stereocenters. The molecule has 28 heavy (non-hydrogen) atoms. The monoisotopic (exact) mass is 406 g/mol. The Morgan fingerprint density at radius 1 is 0.929 bits per heavy atom. The summed E-state index contributed by atoms with van der Waals surface area (Å²) in [5.74, 6) is -0.382. The van der Waals surface area contributed by atoms with E-state index >= 15 is 0 Å². The van der Waals surface area contributed by atoms with E-state index in [1.54, 1.807) is 42.5 Å². The highest BCUT2D eigenvalue weighted by Gasteiger charge is 2.43. The van der Waals surface area contributed by atoms with Gasteiger partial charge >= 0.3 is 0 Å². The highest BCUT2D eigenvalue weighted by molar-refractivity contribution is 7.89. The number of carbonyl (C=O) groups excluding carboxylic acids is 1. The van der Waals surface area contributed by atoms with E-state index in [-0.39, 0.29) is 23.8 Å². The normalized spacial score (nSPS) is 24.8. The molecule has 2 aromatic carbocycles. The molecule has 9 heteroatoms. The molecule has 3 rings (SSSR count). The van der Waals surface area contributed by atoms with E-state index in [1.165, 1.54) is 12.1 Å². The van der Waals surface area contributed by atoms with Gasteiger partial charge in [-0.25, -0.2) is 13.1 Å². The van der Waals surface area contributed by atoms with Crippen molar-refractivity contribution in [2.45, 2.75) is 35.7 Å². The van der Waals surface area contributed by atoms with Crippen LogP contribution in [0.15, 0.2) is 65.6 Å². The average molecular weight is 406 g/mol. The topological polar surface area (TPSA) is 125 Å². The van der Waals surface area contributed by atoms with Crippen LogP contribution < -0.4 is 10.0 Å². The Labute approximate surface area is 163 Å². The summed E-state index contributed by atoms with van der Waals surface area (Å²) in [6.45, 7) is -0.230. The fraction of sp³-hybridized carbons (Fsp3) is 0.316. The quantitative estimate of drug-likeness (QED) is 0.530. The third kappa shape index (κ3) is 4.94. The fourth-order valence-corrected chi connectivity index (χ4v) is 4.02. The first-order valence-corrected chi connectivity index (χ1v) is 10.3. The maximum absolute atomic E-state index is 12.3. The van der Waals surface area contributed by atoms with Gasteiger partial charge in [-0.2, -0.15) is 0 Å². The van der Waals surface area contributed by atoms with Gasteiger partial charge in [-0.1, -0.05) is 36.4 Å². The van der Waals surface area contributed by atoms with E-state index in [2.05, 4.69) is 10.0 Å². The van der Waals surface area contributed by atoms with Gasteiger partial charge in [0.15, 0.2) is 0 Å². The number of aliphatic hydroxyl groups excluding tert-OH is 2. The maximum Gasteiger partial charge on any atom is 0.240 e. The second kappa shape index (κ2) is 8.80. The maximum atomic E-state index is 12.3. The van der Waals surface area contributed by atoms with Crippen molar-refractivity contribution in [3.63, 3.8) is 0 Å². The summed E-state index contributed by atoms with van der Waals surface area (Å²) in [7, 11) is -3.77. The van der Waals surface area contributed by atoms with Crippen molar-refractivity contribution in [3.05, 3.63) is 60.7 Å². The van der Waals surface area contributed by atoms with Gasteiger partial charge in [0.05, 0.1) is 17.4 Å². The molecule has 0 aliphatic carbocycles. The number of amides is 1. The highest BCUT2D eigenvalue weighted by Crippen LogP contribution is 2.24. The summed E-state index contributed by atoms with van der Waals surface area (Å²) in [5.41, 5.74) is 0.604. The molecule has 0 radical (unpaired) electrons. The Morgan fingerprint density at radius 3 is 2.14 bits per heavy atom. The molecular formula is C19H22N2O6S. The number of hydrogen-bond acceptors (Lipinski definition) is 6. The lowest BCUT2D eigenvalue weighted by atomic mass is 10.1. The Bertz CT molecular complexity index is 891. The van der Waals surface area contributed by atoms with Crippen molar-refractivity contribution >= 4 is 21.6 Å². The summed E-state index contributed by atoms with van der Waals surface area (Å²) in [6, 6.07) is 16.6. The van der Waals surface area contributed by atoms with Crippen molar-refractivity contribution in [3.8, 4) is 0 Å². The molecule has 1 heterocycles. The average Bonchev–Trinajstić information content (AvgIpc) is 2.96. The lowest BCUT2D eigenvalue weighted by Gasteiger charge is -2.15. The Kier molecular flexibility index (Phi) is 6.42. The van der Waals surface area contributed by atoms with Crippen LogP contribution in [0.25, 0.3) is 0 Å². The van der Waals surface area contributed by atoms with Gasteiger partial charge in [0.1, 0.15) is 18.3 Å². The number of nitrogens with one attached hydrogen (secondary N) is 2. The molecule has 0 bridgehead atoms. The van der Waals surface area contributed by atoms with Gasteiger partial charge in [-0.3, -0.25) is 4.79 Å². The van der Waals surface area contributed by atoms with Gasteiger partial charge in [0.2, 0.25) is 15.9 Å². The number of sulfonamides is 1. The second-order valence-electron chi connectivity index (χ2n) is 6.48. The molecule has 0 unspecified atom stereocenters. The zero-order valence-corrected chi connectivity index (χ0v) is 15.7. The molecular weight excluding hydrogens is 384 g/mol. The van der Waals surface area contributed by atoms with Gasteiger partial charge in [0, 0.05) is 12.2 Å². The van der Waals surface area contributed by atoms with Crippen LogP contribution in [0.5, 0.6) is 0 Å². The summed E-state index contributed by atoms with van der Waals surface area (Å²) in [4.78, 5) is 12.2. The minimum atomic E-state index is -3.77. The van der Waals surface area contributed by atoms with Crippen LogP contribution in [0.1, 0.15) is 6.42 Å². The number of para-hydroxylation sites is 1. The number of benzene rings is 2. The number of carbonyl (C=O) groups is 1. The van der Waals surface area contributed by atoms with Crippen LogP contribution in [0.3, 0.4) is 0 Å². The fourth-order valence-electron chi connectivity index (χ4n) is 2.95. The molecule has 150 valence electrons. The van der Waals surface area contributed by atoms with E-state index in [0.717, 1.165) is 0 Å². The molecule has 4 N–H and O–H groups in total. The Morgan fingerprint density at radius 2 is 1.50 bits per heavy atom. The summed E-state index contributed by atoms with van der Waals surface area (Å²) >= 11 is 0. The zero-order valence-electron chi connectivity index (χ0n) is 14.9. The SMILES string of the molecule is O=C(C[C@@H]1O[C@H](CNS(=O)(=O)c2ccccc2)[C@@H](O)[C@H]1O)Nc1ccccc1. The van der Waals surface area contributed by atoms with Crippen molar-refractivity contribution in [2.24, 2.45) is 0 Å². The predicted octanol–water partition coefficient (Wildman–Crippen LogP) is 0.483. The summed E-state index contributed by atoms with van der Waals surface area (Å²) in [6.07, 6.45) is -4.69. The molecule has 1 aliphatic heterocycles. The van der Waals surface area contributed by atoms with Crippen LogP contribution in [0, 0.1) is 0 Å². The number of hydrogen-bond donors (Lipinski definition) is 4. The Hall–Kier alpha value is -2.30. The molecule has 1 amide bonds. The molecule has 1 aliphatic rings. The van der Waals surface area contributed by atoms with E-state index in [9.17, 15) is 23.4 Å². The molecule has 1 fully saturated rings. The van der Waals surface area contributed by atoms with Crippen molar-refractivity contribution in [2.75, 3.05) is 11.9 Å². The van der Waals surface area contributed by atoms with E-state index in [0.29, 0.717) is 5.69 Å². The standard InChI is InChI=1S/C19H22N2O6S/c22-17(21-13-7-3-1-4-8-13)11-15-18(23)19(24)16(27-15)12-20-28(25,26)14-9-5-2-6-10-14/h1-10,15-16,18-20,23-24H,11-12H2,(H,21,22)/t15-,16+,18-,19+/m0/s1. The largest absolute Gasteiger partial charge is 0.388 e. The second-order valence-corrected chi connectivity index (χ2v) is 8.24. The van der Waals surface area contributed by atoms with Crippen LogP contribution >= 0.6 is 0 Å². The number of anilines is 1. The molecule has 1 saturated heterocycles. The van der Waals surface area contributed by atoms with E-state index in [4.69, 9.17) is 4.74 Å². The predicted molar refractivity (Wildman–Crippen MR) is 102 cm³/mol. The smallest absolute Gasteiger partial charge is 0.240 e. The van der Waals surface area contributed by atoms with Crippen LogP contribution in [-0.4, -0.2) is 55.5 Å². The number of rotatable bonds is 7. The summed E-state index contributed by atoms with van der Waals surface area (Å²) in [5, 5.41) is 23.0. The van der Waals surface area contributed by atoms with Crippen LogP contribution in [0.4, 0.5) is 5.69 Å². The Balaban J connectivity index is 1.56. The van der Waals surface area contributed by atoms with E-state index in [1.807, 2.05) is 6.07 Å². The van der Waals surface area contributed by atoms with Crippen LogP contribution in [0.2, 0.25) is 0 Å². The van der Waals surface area contributed by atoms with Gasteiger partial charge in [0.25, 0.3) is 0 Å². The van der Waals surface area contributed by atoms with Gasteiger partial charge < -0.3 is 20.3 Å². The molecule has 0 spiro atoms. The minimum Gasteiger partial charge on any atom is -0.388 e. The van der Waals surface area contributed by atoms with Crippen molar-refractivity contribution in [1.82, 2.24) is 4.72 Å². The first-order valence-electron chi connectivity index (χ1n) is 8.78. The highest BCUT2D eigenvalue weighted by atomic mass is 32.2. The first kappa shape index (κ1) is 20.4. The minimum absolute atomic E-state index is 0.0850. The third-order valence-electron chi connectivity index (χ3n) is 4.43. The summed E-state index contributed by atoms with van der Waals surface area (Å²) < 4.78 is 32.4. The number of ether oxygens (including phenoxy) is 1. The lowest BCUT2D eigenvalue weighted by molar-refractivity contribution is -0.120. The molecule has 0 saturated carbocycles. The number of aliphatic hydroxyl groups is 2. The van der Waals surface area contributed by atoms with Crippen molar-refractivity contribution < 1.29 is 28.2 Å².